The molecule has 0 bridgehead atoms. The lowest BCUT2D eigenvalue weighted by molar-refractivity contribution is 0.122. The van der Waals surface area contributed by atoms with Crippen LogP contribution in [0.25, 0.3) is 0 Å². The zero-order chi connectivity index (χ0) is 13.3. The van der Waals surface area contributed by atoms with E-state index in [2.05, 4.69) is 15.9 Å². The van der Waals surface area contributed by atoms with Gasteiger partial charge in [-0.3, -0.25) is 0 Å². The highest BCUT2D eigenvalue weighted by Gasteiger charge is 2.34. The maximum Gasteiger partial charge on any atom is 0.137 e. The van der Waals surface area contributed by atoms with E-state index in [1.807, 2.05) is 12.1 Å². The summed E-state index contributed by atoms with van der Waals surface area (Å²) in [6, 6.07) is 3.26. The lowest BCUT2D eigenvalue weighted by atomic mass is 9.98. The van der Waals surface area contributed by atoms with Crippen LogP contribution in [0.1, 0.15) is 24.4 Å². The number of rotatable bonds is 5. The number of hydrogen-bond acceptors (Lipinski definition) is 4. The Morgan fingerprint density at radius 1 is 1.26 bits per heavy atom. The number of hydrogen-bond donors (Lipinski definition) is 2. The van der Waals surface area contributed by atoms with Crippen LogP contribution in [0.3, 0.4) is 0 Å². The first-order valence-corrected chi connectivity index (χ1v) is 6.72. The second-order valence-electron chi connectivity index (χ2n) is 4.59. The summed E-state index contributed by atoms with van der Waals surface area (Å²) in [5, 5.41) is 10.1. The van der Waals surface area contributed by atoms with Crippen molar-refractivity contribution in [1.82, 2.24) is 0 Å². The Hall–Kier alpha value is -0.490. The van der Waals surface area contributed by atoms with Crippen LogP contribution in [-0.4, -0.2) is 25.4 Å². The molecular weight excluding hydrogens is 334 g/mol. The molecule has 1 saturated carbocycles. The molecule has 0 aliphatic heterocycles. The van der Waals surface area contributed by atoms with E-state index in [1.54, 1.807) is 14.2 Å². The Kier molecular flexibility index (Phi) is 5.92. The van der Waals surface area contributed by atoms with Gasteiger partial charge in [-0.15, -0.1) is 12.4 Å². The third-order valence-corrected chi connectivity index (χ3v) is 4.11. The fourth-order valence-corrected chi connectivity index (χ4v) is 2.56. The van der Waals surface area contributed by atoms with E-state index >= 15 is 0 Å². The van der Waals surface area contributed by atoms with Gasteiger partial charge in [0.25, 0.3) is 0 Å². The first-order chi connectivity index (χ1) is 8.58. The summed E-state index contributed by atoms with van der Waals surface area (Å²) in [6.45, 7) is 0. The molecule has 0 heterocycles. The molecule has 1 aromatic carbocycles. The van der Waals surface area contributed by atoms with Gasteiger partial charge in [0.15, 0.2) is 0 Å². The van der Waals surface area contributed by atoms with Gasteiger partial charge in [-0.2, -0.15) is 0 Å². The highest BCUT2D eigenvalue weighted by Crippen LogP contribution is 2.41. The first-order valence-electron chi connectivity index (χ1n) is 5.93. The largest absolute Gasteiger partial charge is 0.495 e. The summed E-state index contributed by atoms with van der Waals surface area (Å²) in [5.41, 5.74) is 6.93. The topological polar surface area (TPSA) is 64.7 Å². The van der Waals surface area contributed by atoms with Gasteiger partial charge in [0.2, 0.25) is 0 Å². The van der Waals surface area contributed by atoms with Gasteiger partial charge < -0.3 is 20.3 Å². The summed E-state index contributed by atoms with van der Waals surface area (Å²) in [4.78, 5) is 0. The first kappa shape index (κ1) is 16.6. The molecule has 19 heavy (non-hydrogen) atoms. The van der Waals surface area contributed by atoms with E-state index in [0.717, 1.165) is 22.9 Å². The smallest absolute Gasteiger partial charge is 0.137 e. The van der Waals surface area contributed by atoms with E-state index < -0.39 is 12.1 Å². The molecule has 0 aromatic heterocycles. The van der Waals surface area contributed by atoms with Crippen molar-refractivity contribution < 1.29 is 14.6 Å². The van der Waals surface area contributed by atoms with Gasteiger partial charge in [0, 0.05) is 0 Å². The van der Waals surface area contributed by atoms with Crippen molar-refractivity contribution in [2.24, 2.45) is 11.7 Å². The van der Waals surface area contributed by atoms with E-state index in [0.29, 0.717) is 17.4 Å². The molecule has 1 aliphatic rings. The maximum atomic E-state index is 10.1. The fraction of sp³-hybridized carbons (Fsp3) is 0.538. The number of aliphatic hydroxyl groups excluding tert-OH is 1. The van der Waals surface area contributed by atoms with Crippen LogP contribution in [0.2, 0.25) is 0 Å². The summed E-state index contributed by atoms with van der Waals surface area (Å²) in [5.74, 6) is 1.64. The third-order valence-electron chi connectivity index (χ3n) is 3.33. The van der Waals surface area contributed by atoms with Gasteiger partial charge in [-0.1, -0.05) is 0 Å². The van der Waals surface area contributed by atoms with Crippen molar-refractivity contribution in [3.05, 3.63) is 22.2 Å². The molecule has 1 aliphatic carbocycles. The van der Waals surface area contributed by atoms with Crippen LogP contribution in [0.5, 0.6) is 11.5 Å². The molecule has 0 radical (unpaired) electrons. The van der Waals surface area contributed by atoms with Crippen LogP contribution < -0.4 is 15.2 Å². The van der Waals surface area contributed by atoms with Crippen molar-refractivity contribution in [2.45, 2.75) is 25.0 Å². The van der Waals surface area contributed by atoms with E-state index in [1.165, 1.54) is 0 Å². The fourth-order valence-electron chi connectivity index (χ4n) is 2.01. The average molecular weight is 353 g/mol. The molecule has 4 nitrogen and oxygen atoms in total. The Bertz CT molecular complexity index is 415. The number of aliphatic hydroxyl groups is 1. The minimum atomic E-state index is -0.499. The number of nitrogens with two attached hydrogens (primary N) is 1. The second-order valence-corrected chi connectivity index (χ2v) is 5.39. The van der Waals surface area contributed by atoms with Crippen LogP contribution in [-0.2, 0) is 0 Å². The van der Waals surface area contributed by atoms with Crippen molar-refractivity contribution in [2.75, 3.05) is 14.2 Å². The number of benzene rings is 1. The van der Waals surface area contributed by atoms with Gasteiger partial charge >= 0.3 is 0 Å². The second kappa shape index (κ2) is 6.79. The normalized spacial score (nSPS) is 17.3. The minimum absolute atomic E-state index is 0. The van der Waals surface area contributed by atoms with Crippen LogP contribution >= 0.6 is 28.3 Å². The molecule has 2 rings (SSSR count). The molecule has 6 heteroatoms. The Morgan fingerprint density at radius 2 is 1.74 bits per heavy atom. The summed E-state index contributed by atoms with van der Waals surface area (Å²) in [7, 11) is 3.18. The molecule has 0 unspecified atom stereocenters. The highest BCUT2D eigenvalue weighted by atomic mass is 79.9. The van der Waals surface area contributed by atoms with E-state index in [9.17, 15) is 5.11 Å². The van der Waals surface area contributed by atoms with Crippen LogP contribution in [0, 0.1) is 5.92 Å². The molecule has 2 atom stereocenters. The molecule has 108 valence electrons. The van der Waals surface area contributed by atoms with Crippen molar-refractivity contribution >= 4 is 28.3 Å². The third kappa shape index (κ3) is 3.54. The predicted molar refractivity (Wildman–Crippen MR) is 80.2 cm³/mol. The quantitative estimate of drug-likeness (QED) is 0.855. The average Bonchev–Trinajstić information content (AvgIpc) is 3.21. The zero-order valence-corrected chi connectivity index (χ0v) is 13.3. The van der Waals surface area contributed by atoms with Crippen molar-refractivity contribution in [1.29, 1.82) is 0 Å². The maximum absolute atomic E-state index is 10.1. The van der Waals surface area contributed by atoms with Crippen molar-refractivity contribution in [3.63, 3.8) is 0 Å². The zero-order valence-electron chi connectivity index (χ0n) is 10.9. The summed E-state index contributed by atoms with van der Waals surface area (Å²) < 4.78 is 11.3. The molecule has 3 N–H and O–H groups in total. The molecular formula is C13H19BrClNO3. The van der Waals surface area contributed by atoms with E-state index in [4.69, 9.17) is 15.2 Å². The highest BCUT2D eigenvalue weighted by molar-refractivity contribution is 9.10. The lowest BCUT2D eigenvalue weighted by Gasteiger charge is -2.20. The van der Waals surface area contributed by atoms with Crippen molar-refractivity contribution in [3.8, 4) is 11.5 Å². The molecule has 1 aromatic rings. The Morgan fingerprint density at radius 3 is 2.11 bits per heavy atom. The molecule has 1 fully saturated rings. The van der Waals surface area contributed by atoms with Gasteiger partial charge in [-0.25, -0.2) is 0 Å². The molecule has 0 amide bonds. The predicted octanol–water partition coefficient (Wildman–Crippen LogP) is 2.66. The molecule has 0 saturated heterocycles. The minimum Gasteiger partial charge on any atom is -0.495 e. The standard InChI is InChI=1S/C13H18BrNO3.ClH/c1-17-9-5-8(6-10(18-2)11(9)14)12(15)13(16)7-3-4-7;/h5-7,12-13,16H,3-4,15H2,1-2H3;1H/t12-,13+;/m0./s1. The SMILES string of the molecule is COc1cc([C@H](N)[C@H](O)C2CC2)cc(OC)c1Br.Cl. The molecule has 0 spiro atoms. The Balaban J connectivity index is 0.00000180. The summed E-state index contributed by atoms with van der Waals surface area (Å²) >= 11 is 3.41. The van der Waals surface area contributed by atoms with Crippen LogP contribution in [0.15, 0.2) is 16.6 Å². The van der Waals surface area contributed by atoms with Crippen LogP contribution in [0.4, 0.5) is 0 Å². The number of ether oxygens (including phenoxy) is 2. The van der Waals surface area contributed by atoms with Gasteiger partial charge in [0.05, 0.1) is 26.4 Å². The lowest BCUT2D eigenvalue weighted by Crippen LogP contribution is -2.27. The van der Waals surface area contributed by atoms with Gasteiger partial charge in [-0.05, 0) is 52.4 Å². The summed E-state index contributed by atoms with van der Waals surface area (Å²) in [6.07, 6.45) is 1.61. The number of methoxy groups -OCH3 is 2. The number of halogens is 2. The van der Waals surface area contributed by atoms with Gasteiger partial charge in [0.1, 0.15) is 16.0 Å². The monoisotopic (exact) mass is 351 g/mol. The Labute approximate surface area is 127 Å². The van der Waals surface area contributed by atoms with E-state index in [-0.39, 0.29) is 12.4 Å².